The van der Waals surface area contributed by atoms with Crippen molar-refractivity contribution in [1.29, 1.82) is 0 Å². The lowest BCUT2D eigenvalue weighted by atomic mass is 10.2. The summed E-state index contributed by atoms with van der Waals surface area (Å²) < 4.78 is 22.7. The van der Waals surface area contributed by atoms with E-state index in [1.165, 1.54) is 38.8 Å². The molecule has 5 heteroatoms. The van der Waals surface area contributed by atoms with Crippen molar-refractivity contribution in [2.45, 2.75) is 52.0 Å². The molecule has 1 fully saturated rings. The molecule has 1 aliphatic heterocycles. The first-order valence-electron chi connectivity index (χ1n) is 7.73. The second kappa shape index (κ2) is 8.93. The standard InChI is InChI=1S/C14H30N2O2S/c1-3-5-9-16(10-6-4-2)11-8-15-14-7-12-19(17,18)13-14/h14-15H,3-13H2,1-2H3. The van der Waals surface area contributed by atoms with E-state index >= 15 is 0 Å². The van der Waals surface area contributed by atoms with Crippen LogP contribution in [0.1, 0.15) is 46.0 Å². The number of unbranched alkanes of at least 4 members (excludes halogenated alkanes) is 2. The van der Waals surface area contributed by atoms with Crippen LogP contribution >= 0.6 is 0 Å². The number of sulfone groups is 1. The minimum absolute atomic E-state index is 0.184. The SMILES string of the molecule is CCCCN(CCCC)CCNC1CCS(=O)(=O)C1. The zero-order valence-electron chi connectivity index (χ0n) is 12.5. The molecule has 0 aromatic carbocycles. The number of hydrogen-bond donors (Lipinski definition) is 1. The molecule has 1 heterocycles. The highest BCUT2D eigenvalue weighted by Gasteiger charge is 2.27. The number of rotatable bonds is 10. The van der Waals surface area contributed by atoms with Crippen LogP contribution in [-0.2, 0) is 9.84 Å². The molecule has 0 amide bonds. The van der Waals surface area contributed by atoms with Crippen molar-refractivity contribution < 1.29 is 8.42 Å². The van der Waals surface area contributed by atoms with Gasteiger partial charge in [-0.3, -0.25) is 0 Å². The molecule has 0 saturated carbocycles. The van der Waals surface area contributed by atoms with Gasteiger partial charge in [-0.15, -0.1) is 0 Å². The molecule has 0 aromatic rings. The fourth-order valence-corrected chi connectivity index (χ4v) is 4.19. The van der Waals surface area contributed by atoms with E-state index in [9.17, 15) is 8.42 Å². The van der Waals surface area contributed by atoms with Crippen molar-refractivity contribution >= 4 is 9.84 Å². The molecule has 0 aromatic heterocycles. The average molecular weight is 290 g/mol. The zero-order valence-corrected chi connectivity index (χ0v) is 13.3. The first kappa shape index (κ1) is 16.9. The van der Waals surface area contributed by atoms with Crippen molar-refractivity contribution in [3.8, 4) is 0 Å². The highest BCUT2D eigenvalue weighted by Crippen LogP contribution is 2.10. The summed E-state index contributed by atoms with van der Waals surface area (Å²) >= 11 is 0. The summed E-state index contributed by atoms with van der Waals surface area (Å²) in [6.07, 6.45) is 5.75. The summed E-state index contributed by atoms with van der Waals surface area (Å²) in [5.41, 5.74) is 0. The van der Waals surface area contributed by atoms with Gasteiger partial charge in [0.25, 0.3) is 0 Å². The van der Waals surface area contributed by atoms with Gasteiger partial charge in [-0.1, -0.05) is 26.7 Å². The van der Waals surface area contributed by atoms with Gasteiger partial charge >= 0.3 is 0 Å². The molecule has 114 valence electrons. The third-order valence-electron chi connectivity index (χ3n) is 3.75. The largest absolute Gasteiger partial charge is 0.312 e. The first-order valence-corrected chi connectivity index (χ1v) is 9.55. The Morgan fingerprint density at radius 3 is 2.21 bits per heavy atom. The Bertz CT molecular complexity index is 322. The van der Waals surface area contributed by atoms with E-state index in [1.54, 1.807) is 0 Å². The molecule has 19 heavy (non-hydrogen) atoms. The molecule has 1 N–H and O–H groups in total. The van der Waals surface area contributed by atoms with E-state index in [-0.39, 0.29) is 6.04 Å². The van der Waals surface area contributed by atoms with Crippen LogP contribution in [-0.4, -0.2) is 57.0 Å². The summed E-state index contributed by atoms with van der Waals surface area (Å²) in [6, 6.07) is 0.184. The van der Waals surface area contributed by atoms with Gasteiger partial charge in [0.1, 0.15) is 0 Å². The molecular formula is C14H30N2O2S. The zero-order chi connectivity index (χ0) is 14.1. The minimum atomic E-state index is -2.75. The van der Waals surface area contributed by atoms with Crippen LogP contribution in [0.3, 0.4) is 0 Å². The van der Waals surface area contributed by atoms with Crippen LogP contribution in [0.2, 0.25) is 0 Å². The van der Waals surface area contributed by atoms with E-state index in [4.69, 9.17) is 0 Å². The maximum atomic E-state index is 11.4. The van der Waals surface area contributed by atoms with Crippen LogP contribution in [0, 0.1) is 0 Å². The second-order valence-electron chi connectivity index (χ2n) is 5.60. The van der Waals surface area contributed by atoms with Gasteiger partial charge in [0, 0.05) is 19.1 Å². The Morgan fingerprint density at radius 2 is 1.74 bits per heavy atom. The molecule has 1 aliphatic rings. The summed E-state index contributed by atoms with van der Waals surface area (Å²) in [5.74, 6) is 0.691. The number of hydrogen-bond acceptors (Lipinski definition) is 4. The van der Waals surface area contributed by atoms with Crippen LogP contribution in [0.15, 0.2) is 0 Å². The number of nitrogens with zero attached hydrogens (tertiary/aromatic N) is 1. The molecule has 1 saturated heterocycles. The van der Waals surface area contributed by atoms with Crippen molar-refractivity contribution in [2.24, 2.45) is 0 Å². The predicted molar refractivity (Wildman–Crippen MR) is 81.3 cm³/mol. The highest BCUT2D eigenvalue weighted by atomic mass is 32.2. The quantitative estimate of drug-likeness (QED) is 0.665. The Balaban J connectivity index is 2.19. The van der Waals surface area contributed by atoms with E-state index in [2.05, 4.69) is 24.1 Å². The van der Waals surface area contributed by atoms with Crippen molar-refractivity contribution in [3.63, 3.8) is 0 Å². The predicted octanol–water partition coefficient (Wildman–Crippen LogP) is 1.67. The van der Waals surface area contributed by atoms with Gasteiger partial charge in [0.05, 0.1) is 11.5 Å². The Kier molecular flexibility index (Phi) is 7.95. The van der Waals surface area contributed by atoms with Crippen molar-refractivity contribution in [2.75, 3.05) is 37.7 Å². The summed E-state index contributed by atoms with van der Waals surface area (Å²) in [5, 5.41) is 3.40. The van der Waals surface area contributed by atoms with Gasteiger partial charge in [0.2, 0.25) is 0 Å². The summed E-state index contributed by atoms with van der Waals surface area (Å²) in [4.78, 5) is 2.50. The van der Waals surface area contributed by atoms with E-state index in [1.807, 2.05) is 0 Å². The maximum absolute atomic E-state index is 11.4. The molecule has 0 radical (unpaired) electrons. The molecule has 0 spiro atoms. The fraction of sp³-hybridized carbons (Fsp3) is 1.00. The van der Waals surface area contributed by atoms with Crippen molar-refractivity contribution in [3.05, 3.63) is 0 Å². The molecule has 0 aliphatic carbocycles. The Morgan fingerprint density at radius 1 is 1.11 bits per heavy atom. The molecule has 1 unspecified atom stereocenters. The Labute approximate surface area is 118 Å². The third kappa shape index (κ3) is 7.28. The molecular weight excluding hydrogens is 260 g/mol. The fourth-order valence-electron chi connectivity index (χ4n) is 2.48. The van der Waals surface area contributed by atoms with Gasteiger partial charge in [-0.25, -0.2) is 8.42 Å². The summed E-state index contributed by atoms with van der Waals surface area (Å²) in [7, 11) is -2.75. The lowest BCUT2D eigenvalue weighted by Crippen LogP contribution is -2.38. The van der Waals surface area contributed by atoms with E-state index in [0.29, 0.717) is 11.5 Å². The highest BCUT2D eigenvalue weighted by molar-refractivity contribution is 7.91. The van der Waals surface area contributed by atoms with Gasteiger partial charge in [0.15, 0.2) is 9.84 Å². The smallest absolute Gasteiger partial charge is 0.151 e. The van der Waals surface area contributed by atoms with E-state index < -0.39 is 9.84 Å². The lowest BCUT2D eigenvalue weighted by Gasteiger charge is -2.23. The van der Waals surface area contributed by atoms with Gasteiger partial charge < -0.3 is 10.2 Å². The average Bonchev–Trinajstić information content (AvgIpc) is 2.71. The van der Waals surface area contributed by atoms with Crippen LogP contribution in [0.5, 0.6) is 0 Å². The normalized spacial score (nSPS) is 22.2. The second-order valence-corrected chi connectivity index (χ2v) is 7.83. The van der Waals surface area contributed by atoms with Gasteiger partial charge in [-0.05, 0) is 32.4 Å². The maximum Gasteiger partial charge on any atom is 0.151 e. The number of nitrogens with one attached hydrogen (secondary N) is 1. The minimum Gasteiger partial charge on any atom is -0.312 e. The monoisotopic (exact) mass is 290 g/mol. The Hall–Kier alpha value is -0.130. The molecule has 4 nitrogen and oxygen atoms in total. The topological polar surface area (TPSA) is 49.4 Å². The molecule has 1 rings (SSSR count). The van der Waals surface area contributed by atoms with Crippen LogP contribution in [0.25, 0.3) is 0 Å². The third-order valence-corrected chi connectivity index (χ3v) is 5.52. The van der Waals surface area contributed by atoms with Gasteiger partial charge in [-0.2, -0.15) is 0 Å². The van der Waals surface area contributed by atoms with Crippen LogP contribution < -0.4 is 5.32 Å². The first-order chi connectivity index (χ1) is 9.07. The summed E-state index contributed by atoms with van der Waals surface area (Å²) in [6.45, 7) is 8.73. The van der Waals surface area contributed by atoms with E-state index in [0.717, 1.165) is 19.5 Å². The molecule has 1 atom stereocenters. The van der Waals surface area contributed by atoms with Crippen molar-refractivity contribution in [1.82, 2.24) is 10.2 Å². The molecule has 0 bridgehead atoms. The lowest BCUT2D eigenvalue weighted by molar-refractivity contribution is 0.261. The van der Waals surface area contributed by atoms with Crippen LogP contribution in [0.4, 0.5) is 0 Å².